The van der Waals surface area contributed by atoms with Gasteiger partial charge in [-0.25, -0.2) is 0 Å². The summed E-state index contributed by atoms with van der Waals surface area (Å²) in [6, 6.07) is -0.745. The third-order valence-electron chi connectivity index (χ3n) is 7.33. The predicted molar refractivity (Wildman–Crippen MR) is 204 cm³/mol. The largest absolute Gasteiger partial charge is 0.382 e. The average Bonchev–Trinajstić information content (AvgIpc) is 3.16. The van der Waals surface area contributed by atoms with Gasteiger partial charge in [-0.2, -0.15) is 0 Å². The molecule has 2 amide bonds. The van der Waals surface area contributed by atoms with E-state index < -0.39 is 6.04 Å². The van der Waals surface area contributed by atoms with Crippen LogP contribution in [0.25, 0.3) is 0 Å². The number of hydrogen-bond donors (Lipinski definition) is 2. The van der Waals surface area contributed by atoms with Gasteiger partial charge in [-0.05, 0) is 12.3 Å². The molecule has 17 nitrogen and oxygen atoms in total. The van der Waals surface area contributed by atoms with E-state index in [2.05, 4.69) is 10.6 Å². The fraction of sp³-hybridized carbons (Fsp3) is 0.921. The maximum Gasteiger partial charge on any atom is 0.222 e. The Morgan fingerprint density at radius 3 is 1.02 bits per heavy atom. The van der Waals surface area contributed by atoms with Crippen molar-refractivity contribution in [2.24, 2.45) is 11.8 Å². The first-order valence-corrected chi connectivity index (χ1v) is 19.7. The van der Waals surface area contributed by atoms with Gasteiger partial charge in [0.2, 0.25) is 11.8 Å². The van der Waals surface area contributed by atoms with Gasteiger partial charge in [0.05, 0.1) is 152 Å². The molecular formula is C38H74N2O15. The number of ketones is 1. The topological polar surface area (TPSA) is 186 Å². The molecule has 0 radical (unpaired) electrons. The molecule has 0 bridgehead atoms. The number of methoxy groups -OCH3 is 1. The molecule has 0 aromatic carbocycles. The van der Waals surface area contributed by atoms with Crippen LogP contribution in [0, 0.1) is 11.8 Å². The molecule has 0 rings (SSSR count). The Morgan fingerprint density at radius 2 is 0.727 bits per heavy atom. The second-order valence-corrected chi connectivity index (χ2v) is 12.9. The molecule has 55 heavy (non-hydrogen) atoms. The van der Waals surface area contributed by atoms with E-state index in [0.717, 1.165) is 6.42 Å². The Morgan fingerprint density at radius 1 is 0.418 bits per heavy atom. The van der Waals surface area contributed by atoms with Gasteiger partial charge in [0, 0.05) is 32.4 Å². The molecule has 0 spiro atoms. The van der Waals surface area contributed by atoms with E-state index in [-0.39, 0.29) is 43.1 Å². The van der Waals surface area contributed by atoms with Crippen molar-refractivity contribution in [1.82, 2.24) is 10.6 Å². The lowest BCUT2D eigenvalue weighted by Gasteiger charge is -2.20. The maximum absolute atomic E-state index is 12.5. The first-order valence-electron chi connectivity index (χ1n) is 19.7. The van der Waals surface area contributed by atoms with E-state index in [4.69, 9.17) is 56.8 Å². The summed E-state index contributed by atoms with van der Waals surface area (Å²) < 4.78 is 64.8. The van der Waals surface area contributed by atoms with Crippen LogP contribution in [0.4, 0.5) is 0 Å². The van der Waals surface area contributed by atoms with Gasteiger partial charge in [-0.1, -0.05) is 27.7 Å². The molecule has 0 aromatic heterocycles. The summed E-state index contributed by atoms with van der Waals surface area (Å²) in [5, 5.41) is 5.49. The summed E-state index contributed by atoms with van der Waals surface area (Å²) in [6.45, 7) is 18.5. The summed E-state index contributed by atoms with van der Waals surface area (Å²) in [6.07, 6.45) is 1.23. The van der Waals surface area contributed by atoms with Crippen LogP contribution in [0.3, 0.4) is 0 Å². The highest BCUT2D eigenvalue weighted by atomic mass is 16.6. The molecule has 0 aliphatic rings. The van der Waals surface area contributed by atoms with Crippen molar-refractivity contribution in [3.8, 4) is 0 Å². The summed E-state index contributed by atoms with van der Waals surface area (Å²) in [4.78, 5) is 36.9. The van der Waals surface area contributed by atoms with Crippen molar-refractivity contribution in [1.29, 1.82) is 0 Å². The fourth-order valence-electron chi connectivity index (χ4n) is 4.22. The number of ether oxygens (including phenoxy) is 12. The van der Waals surface area contributed by atoms with E-state index in [1.54, 1.807) is 21.0 Å². The van der Waals surface area contributed by atoms with Crippen molar-refractivity contribution in [2.45, 2.75) is 53.0 Å². The number of carbonyl (C=O) groups excluding carboxylic acids is 3. The number of rotatable bonds is 44. The monoisotopic (exact) mass is 799 g/mol. The third-order valence-corrected chi connectivity index (χ3v) is 7.33. The number of amides is 2. The van der Waals surface area contributed by atoms with Gasteiger partial charge >= 0.3 is 0 Å². The summed E-state index contributed by atoms with van der Waals surface area (Å²) >= 11 is 0. The number of hydrogen-bond acceptors (Lipinski definition) is 15. The summed E-state index contributed by atoms with van der Waals surface area (Å²) in [5.41, 5.74) is 0. The third kappa shape index (κ3) is 40.1. The highest BCUT2D eigenvalue weighted by Gasteiger charge is 2.23. The van der Waals surface area contributed by atoms with Gasteiger partial charge < -0.3 is 67.5 Å². The van der Waals surface area contributed by atoms with Gasteiger partial charge in [0.15, 0.2) is 5.78 Å². The van der Waals surface area contributed by atoms with E-state index in [1.165, 1.54) is 0 Å². The second-order valence-electron chi connectivity index (χ2n) is 12.9. The van der Waals surface area contributed by atoms with Gasteiger partial charge in [0.1, 0.15) is 6.04 Å². The minimum Gasteiger partial charge on any atom is -0.382 e. The first kappa shape index (κ1) is 53.1. The maximum atomic E-state index is 12.5. The van der Waals surface area contributed by atoms with Crippen LogP contribution >= 0.6 is 0 Å². The van der Waals surface area contributed by atoms with Crippen LogP contribution in [0.15, 0.2) is 0 Å². The SMILES string of the molecule is COCCOCCOCCOCCOCCOCCOCCOCCOCCOCCOCCOCCC(=O)NC[C@@H](NC(=O)CCC(C)C)C(=O)C(C)C. The van der Waals surface area contributed by atoms with Crippen molar-refractivity contribution in [3.63, 3.8) is 0 Å². The Hall–Kier alpha value is -1.87. The zero-order valence-corrected chi connectivity index (χ0v) is 34.4. The van der Waals surface area contributed by atoms with Crippen LogP contribution in [0.2, 0.25) is 0 Å². The van der Waals surface area contributed by atoms with E-state index in [0.29, 0.717) is 158 Å². The van der Waals surface area contributed by atoms with Crippen molar-refractivity contribution >= 4 is 17.6 Å². The van der Waals surface area contributed by atoms with Crippen LogP contribution in [-0.2, 0) is 71.2 Å². The van der Waals surface area contributed by atoms with Crippen molar-refractivity contribution in [3.05, 3.63) is 0 Å². The van der Waals surface area contributed by atoms with Crippen LogP contribution in [0.1, 0.15) is 47.0 Å². The zero-order chi connectivity index (χ0) is 40.5. The second kappa shape index (κ2) is 41.8. The fourth-order valence-corrected chi connectivity index (χ4v) is 4.22. The first-order chi connectivity index (χ1) is 26.8. The highest BCUT2D eigenvalue weighted by Crippen LogP contribution is 2.05. The highest BCUT2D eigenvalue weighted by molar-refractivity contribution is 5.91. The standard InChI is InChI=1S/C38H74N2O15/c1-33(2)6-7-37(42)40-35(38(43)34(3)4)32-39-36(41)8-9-45-12-13-47-16-17-49-20-21-51-24-25-53-28-29-55-31-30-54-27-26-52-23-22-50-19-18-48-15-14-46-11-10-44-5/h33-35H,6-32H2,1-5H3,(H,39,41)(H,40,42)/t35-/m1/s1. The lowest BCUT2D eigenvalue weighted by Crippen LogP contribution is -2.49. The molecule has 0 fully saturated rings. The normalized spacial score (nSPS) is 12.1. The number of carbonyl (C=O) groups is 3. The van der Waals surface area contributed by atoms with E-state index in [1.807, 2.05) is 13.8 Å². The number of nitrogens with one attached hydrogen (secondary N) is 2. The predicted octanol–water partition coefficient (Wildman–Crippen LogP) is 1.47. The molecule has 0 unspecified atom stereocenters. The van der Waals surface area contributed by atoms with Gasteiger partial charge in [0.25, 0.3) is 0 Å². The quantitative estimate of drug-likeness (QED) is 0.0844. The summed E-state index contributed by atoms with van der Waals surface area (Å²) in [5.74, 6) is -0.417. The molecule has 0 aromatic rings. The Labute approximate surface area is 329 Å². The van der Waals surface area contributed by atoms with Crippen molar-refractivity contribution in [2.75, 3.05) is 166 Å². The minimum absolute atomic E-state index is 0.0566. The van der Waals surface area contributed by atoms with E-state index in [9.17, 15) is 14.4 Å². The smallest absolute Gasteiger partial charge is 0.222 e. The van der Waals surface area contributed by atoms with Crippen molar-refractivity contribution < 1.29 is 71.2 Å². The minimum atomic E-state index is -0.745. The Kier molecular flexibility index (Phi) is 40.3. The zero-order valence-electron chi connectivity index (χ0n) is 34.4. The van der Waals surface area contributed by atoms with E-state index >= 15 is 0 Å². The van der Waals surface area contributed by atoms with Crippen LogP contribution in [-0.4, -0.2) is 189 Å². The molecule has 0 aliphatic heterocycles. The molecular weight excluding hydrogens is 724 g/mol. The molecule has 0 saturated heterocycles. The molecule has 0 heterocycles. The van der Waals surface area contributed by atoms with Crippen LogP contribution < -0.4 is 10.6 Å². The molecule has 17 heteroatoms. The van der Waals surface area contributed by atoms with Gasteiger partial charge in [-0.3, -0.25) is 14.4 Å². The lowest BCUT2D eigenvalue weighted by molar-refractivity contribution is -0.130. The molecule has 326 valence electrons. The molecule has 0 saturated carbocycles. The lowest BCUT2D eigenvalue weighted by atomic mass is 10.0. The number of Topliss-reactive ketones (excluding diaryl/α,β-unsaturated/α-hetero) is 1. The Bertz CT molecular complexity index is 870. The molecule has 2 N–H and O–H groups in total. The molecule has 1 atom stereocenters. The molecule has 0 aliphatic carbocycles. The summed E-state index contributed by atoms with van der Waals surface area (Å²) in [7, 11) is 1.64. The average molecular weight is 799 g/mol. The van der Waals surface area contributed by atoms with Gasteiger partial charge in [-0.15, -0.1) is 0 Å². The Balaban J connectivity index is 3.38. The van der Waals surface area contributed by atoms with Crippen LogP contribution in [0.5, 0.6) is 0 Å².